The third kappa shape index (κ3) is 3.06. The predicted molar refractivity (Wildman–Crippen MR) is 65.0 cm³/mol. The van der Waals surface area contributed by atoms with Crippen molar-refractivity contribution in [3.8, 4) is 0 Å². The lowest BCUT2D eigenvalue weighted by Crippen LogP contribution is -2.30. The largest absolute Gasteiger partial charge is 0.340 e. The molecular formula is C12H19NOS. The number of amides is 1. The van der Waals surface area contributed by atoms with Gasteiger partial charge in [-0.15, -0.1) is 11.3 Å². The van der Waals surface area contributed by atoms with Crippen LogP contribution >= 0.6 is 11.3 Å². The summed E-state index contributed by atoms with van der Waals surface area (Å²) in [5.74, 6) is 0.376. The molecule has 3 heteroatoms. The highest BCUT2D eigenvalue weighted by molar-refractivity contribution is 7.10. The number of carbonyl (C=O) groups is 1. The molecular weight excluding hydrogens is 206 g/mol. The number of aryl methyl sites for hydroxylation is 1. The van der Waals surface area contributed by atoms with E-state index in [1.165, 1.54) is 10.4 Å². The van der Waals surface area contributed by atoms with E-state index >= 15 is 0 Å². The lowest BCUT2D eigenvalue weighted by atomic mass is 10.1. The second-order valence-corrected chi connectivity index (χ2v) is 5.03. The minimum atomic E-state index is 0.135. The van der Waals surface area contributed by atoms with E-state index in [0.717, 1.165) is 13.0 Å². The lowest BCUT2D eigenvalue weighted by Gasteiger charge is -2.20. The highest BCUT2D eigenvalue weighted by Crippen LogP contribution is 2.18. The van der Waals surface area contributed by atoms with E-state index in [1.54, 1.807) is 11.3 Å². The molecule has 1 atom stereocenters. The van der Waals surface area contributed by atoms with E-state index in [1.807, 2.05) is 25.8 Å². The Balaban J connectivity index is 2.60. The van der Waals surface area contributed by atoms with Crippen LogP contribution in [0.15, 0.2) is 11.4 Å². The molecule has 0 aliphatic rings. The van der Waals surface area contributed by atoms with Gasteiger partial charge in [-0.3, -0.25) is 4.79 Å². The zero-order chi connectivity index (χ0) is 11.4. The van der Waals surface area contributed by atoms with Crippen molar-refractivity contribution >= 4 is 17.2 Å². The van der Waals surface area contributed by atoms with Crippen LogP contribution in [-0.2, 0) is 11.3 Å². The van der Waals surface area contributed by atoms with Crippen LogP contribution < -0.4 is 0 Å². The van der Waals surface area contributed by atoms with Crippen LogP contribution in [-0.4, -0.2) is 17.9 Å². The summed E-state index contributed by atoms with van der Waals surface area (Å²) in [6, 6.07) is 2.10. The Bertz CT molecular complexity index is 332. The Hall–Kier alpha value is -0.830. The third-order valence-electron chi connectivity index (χ3n) is 2.76. The summed E-state index contributed by atoms with van der Waals surface area (Å²) >= 11 is 1.72. The molecule has 1 heterocycles. The fourth-order valence-corrected chi connectivity index (χ4v) is 2.37. The molecule has 0 saturated heterocycles. The van der Waals surface area contributed by atoms with Crippen molar-refractivity contribution in [2.75, 3.05) is 7.05 Å². The zero-order valence-electron chi connectivity index (χ0n) is 9.91. The number of thiophene rings is 1. The first-order valence-corrected chi connectivity index (χ1v) is 6.22. The standard InChI is InChI=1S/C12H19NOS/c1-5-9(2)12(14)13(4)8-11-10(3)6-7-15-11/h6-7,9H,5,8H2,1-4H3/t9-/m1/s1. The van der Waals surface area contributed by atoms with Crippen LogP contribution in [0.5, 0.6) is 0 Å². The Morgan fingerprint density at radius 1 is 1.60 bits per heavy atom. The average molecular weight is 225 g/mol. The number of hydrogen-bond donors (Lipinski definition) is 0. The molecule has 2 nitrogen and oxygen atoms in total. The molecule has 1 rings (SSSR count). The fraction of sp³-hybridized carbons (Fsp3) is 0.583. The summed E-state index contributed by atoms with van der Waals surface area (Å²) in [6.45, 7) is 6.87. The molecule has 15 heavy (non-hydrogen) atoms. The monoisotopic (exact) mass is 225 g/mol. The van der Waals surface area contributed by atoms with Crippen molar-refractivity contribution in [1.82, 2.24) is 4.90 Å². The van der Waals surface area contributed by atoms with E-state index in [4.69, 9.17) is 0 Å². The smallest absolute Gasteiger partial charge is 0.225 e. The van der Waals surface area contributed by atoms with Crippen LogP contribution in [0.2, 0.25) is 0 Å². The molecule has 0 aliphatic carbocycles. The molecule has 0 saturated carbocycles. The van der Waals surface area contributed by atoms with E-state index in [0.29, 0.717) is 0 Å². The first kappa shape index (κ1) is 12.2. The Labute approximate surface area is 95.9 Å². The summed E-state index contributed by atoms with van der Waals surface area (Å²) in [5, 5.41) is 2.08. The maximum Gasteiger partial charge on any atom is 0.225 e. The number of nitrogens with zero attached hydrogens (tertiary/aromatic N) is 1. The summed E-state index contributed by atoms with van der Waals surface area (Å²) in [4.78, 5) is 15.0. The number of rotatable bonds is 4. The van der Waals surface area contributed by atoms with Gasteiger partial charge in [0.2, 0.25) is 5.91 Å². The van der Waals surface area contributed by atoms with Gasteiger partial charge in [-0.25, -0.2) is 0 Å². The Morgan fingerprint density at radius 2 is 2.27 bits per heavy atom. The maximum atomic E-state index is 11.8. The molecule has 1 amide bonds. The second kappa shape index (κ2) is 5.31. The molecule has 84 valence electrons. The SMILES string of the molecule is CC[C@@H](C)C(=O)N(C)Cc1sccc1C. The van der Waals surface area contributed by atoms with Crippen LogP contribution in [0.3, 0.4) is 0 Å². The van der Waals surface area contributed by atoms with E-state index < -0.39 is 0 Å². The minimum Gasteiger partial charge on any atom is -0.340 e. The van der Waals surface area contributed by atoms with Crippen molar-refractivity contribution in [3.63, 3.8) is 0 Å². The first-order chi connectivity index (χ1) is 7.06. The summed E-state index contributed by atoms with van der Waals surface area (Å²) in [5.41, 5.74) is 1.28. The van der Waals surface area contributed by atoms with Crippen LogP contribution in [0, 0.1) is 12.8 Å². The van der Waals surface area contributed by atoms with Crippen molar-refractivity contribution < 1.29 is 4.79 Å². The quantitative estimate of drug-likeness (QED) is 0.771. The molecule has 1 aromatic heterocycles. The molecule has 0 bridgehead atoms. The molecule has 0 radical (unpaired) electrons. The van der Waals surface area contributed by atoms with Gasteiger partial charge in [-0.05, 0) is 30.4 Å². The first-order valence-electron chi connectivity index (χ1n) is 5.34. The maximum absolute atomic E-state index is 11.8. The predicted octanol–water partition coefficient (Wildman–Crippen LogP) is 3.06. The van der Waals surface area contributed by atoms with Gasteiger partial charge in [-0.2, -0.15) is 0 Å². The minimum absolute atomic E-state index is 0.135. The van der Waals surface area contributed by atoms with E-state index in [2.05, 4.69) is 18.4 Å². The van der Waals surface area contributed by atoms with Gasteiger partial charge in [0, 0.05) is 17.8 Å². The second-order valence-electron chi connectivity index (χ2n) is 4.03. The van der Waals surface area contributed by atoms with Crippen LogP contribution in [0.4, 0.5) is 0 Å². The summed E-state index contributed by atoms with van der Waals surface area (Å²) < 4.78 is 0. The van der Waals surface area contributed by atoms with Crippen LogP contribution in [0.25, 0.3) is 0 Å². The third-order valence-corrected chi connectivity index (χ3v) is 3.77. The van der Waals surface area contributed by atoms with Gasteiger partial charge < -0.3 is 4.90 Å². The van der Waals surface area contributed by atoms with Crippen LogP contribution in [0.1, 0.15) is 30.7 Å². The normalized spacial score (nSPS) is 12.5. The molecule has 0 unspecified atom stereocenters. The Morgan fingerprint density at radius 3 is 2.73 bits per heavy atom. The molecule has 0 fully saturated rings. The summed E-state index contributed by atoms with van der Waals surface area (Å²) in [7, 11) is 1.88. The zero-order valence-corrected chi connectivity index (χ0v) is 10.7. The van der Waals surface area contributed by atoms with Gasteiger partial charge in [0.1, 0.15) is 0 Å². The van der Waals surface area contributed by atoms with Crippen molar-refractivity contribution in [1.29, 1.82) is 0 Å². The molecule has 0 aliphatic heterocycles. The fourth-order valence-electron chi connectivity index (χ4n) is 1.41. The average Bonchev–Trinajstić information content (AvgIpc) is 2.62. The molecule has 1 aromatic rings. The highest BCUT2D eigenvalue weighted by Gasteiger charge is 2.16. The van der Waals surface area contributed by atoms with Gasteiger partial charge in [0.25, 0.3) is 0 Å². The van der Waals surface area contributed by atoms with Gasteiger partial charge in [-0.1, -0.05) is 13.8 Å². The van der Waals surface area contributed by atoms with Crippen molar-refractivity contribution in [3.05, 3.63) is 21.9 Å². The molecule has 0 N–H and O–H groups in total. The van der Waals surface area contributed by atoms with Gasteiger partial charge in [0.15, 0.2) is 0 Å². The lowest BCUT2D eigenvalue weighted by molar-refractivity contribution is -0.134. The van der Waals surface area contributed by atoms with E-state index in [-0.39, 0.29) is 11.8 Å². The Kier molecular flexibility index (Phi) is 4.33. The summed E-state index contributed by atoms with van der Waals surface area (Å²) in [6.07, 6.45) is 0.909. The number of hydrogen-bond acceptors (Lipinski definition) is 2. The van der Waals surface area contributed by atoms with E-state index in [9.17, 15) is 4.79 Å². The molecule has 0 spiro atoms. The number of carbonyl (C=O) groups excluding carboxylic acids is 1. The topological polar surface area (TPSA) is 20.3 Å². The highest BCUT2D eigenvalue weighted by atomic mass is 32.1. The van der Waals surface area contributed by atoms with Gasteiger partial charge in [0.05, 0.1) is 6.54 Å². The van der Waals surface area contributed by atoms with Gasteiger partial charge >= 0.3 is 0 Å². The van der Waals surface area contributed by atoms with Crippen molar-refractivity contribution in [2.24, 2.45) is 5.92 Å². The molecule has 0 aromatic carbocycles. The van der Waals surface area contributed by atoms with Crippen molar-refractivity contribution in [2.45, 2.75) is 33.7 Å².